The van der Waals surface area contributed by atoms with E-state index in [2.05, 4.69) is 15.5 Å². The zero-order chi connectivity index (χ0) is 26.7. The molecule has 0 spiro atoms. The van der Waals surface area contributed by atoms with Gasteiger partial charge in [-0.25, -0.2) is 22.2 Å². The number of hydrogen-bond donors (Lipinski definition) is 1. The minimum Gasteiger partial charge on any atom is -0.493 e. The molecule has 1 heterocycles. The van der Waals surface area contributed by atoms with Gasteiger partial charge in [0, 0.05) is 17.0 Å². The van der Waals surface area contributed by atoms with E-state index in [1.54, 1.807) is 12.1 Å². The summed E-state index contributed by atoms with van der Waals surface area (Å²) in [5, 5.41) is 21.6. The average Bonchev–Trinajstić information content (AvgIpc) is 3.24. The molecule has 37 heavy (non-hydrogen) atoms. The van der Waals surface area contributed by atoms with Crippen LogP contribution in [-0.2, 0) is 17.6 Å². The molecule has 3 saturated carbocycles. The third-order valence-corrected chi connectivity index (χ3v) is 7.50. The van der Waals surface area contributed by atoms with E-state index in [4.69, 9.17) is 4.74 Å². The first kappa shape index (κ1) is 25.4. The normalized spacial score (nSPS) is 24.6. The molecule has 6 nitrogen and oxygen atoms in total. The fraction of sp³-hybridized carbons (Fsp3) is 0.458. The molecule has 3 aromatic rings. The van der Waals surface area contributed by atoms with Crippen LogP contribution in [0.5, 0.6) is 5.75 Å². The van der Waals surface area contributed by atoms with Crippen molar-refractivity contribution < 1.29 is 40.6 Å². The molecule has 198 valence electrons. The van der Waals surface area contributed by atoms with Gasteiger partial charge in [-0.2, -0.15) is 13.2 Å². The molecule has 6 rings (SSSR count). The van der Waals surface area contributed by atoms with Crippen molar-refractivity contribution in [3.05, 3.63) is 71.6 Å². The molecular formula is C24H21F7N4O2. The summed E-state index contributed by atoms with van der Waals surface area (Å²) in [6, 6.07) is 8.23. The predicted octanol–water partition coefficient (Wildman–Crippen LogP) is 4.93. The van der Waals surface area contributed by atoms with Gasteiger partial charge in [-0.05, 0) is 64.9 Å². The van der Waals surface area contributed by atoms with Crippen molar-refractivity contribution in [1.29, 1.82) is 0 Å². The second kappa shape index (κ2) is 8.40. The summed E-state index contributed by atoms with van der Waals surface area (Å²) in [5.74, 6) is -5.93. The van der Waals surface area contributed by atoms with Crippen molar-refractivity contribution in [2.45, 2.75) is 55.3 Å². The maximum atomic E-state index is 16.2. The van der Waals surface area contributed by atoms with Gasteiger partial charge in [0.2, 0.25) is 0 Å². The third-order valence-electron chi connectivity index (χ3n) is 7.50. The molecule has 13 heteroatoms. The number of hydrogen-bond acceptors (Lipinski definition) is 5. The van der Waals surface area contributed by atoms with Gasteiger partial charge in [-0.15, -0.1) is 5.10 Å². The molecule has 0 aliphatic heterocycles. The lowest BCUT2D eigenvalue weighted by Gasteiger charge is -2.74. The standard InChI is InChI=1S/C24H21F7N4O2/c25-16-3-6-18(19(26)9-16)22(36,13-35-14-32-33-34-35)24(30,31)21-10-20(11-21,12-21)15-1-4-17(5-2-15)37-8-7-23(27,28)29/h1-6,9,14,36H,7-8,10-13H2. The van der Waals surface area contributed by atoms with Crippen molar-refractivity contribution in [2.24, 2.45) is 5.41 Å². The van der Waals surface area contributed by atoms with Crippen LogP contribution in [0, 0.1) is 17.0 Å². The number of benzene rings is 2. The molecule has 2 bridgehead atoms. The maximum absolute atomic E-state index is 16.2. The van der Waals surface area contributed by atoms with Gasteiger partial charge in [0.25, 0.3) is 5.92 Å². The first-order chi connectivity index (χ1) is 17.3. The Bertz CT molecular complexity index is 1260. The van der Waals surface area contributed by atoms with Crippen LogP contribution in [0.15, 0.2) is 48.8 Å². The lowest BCUT2D eigenvalue weighted by atomic mass is 9.30. The van der Waals surface area contributed by atoms with Crippen LogP contribution < -0.4 is 4.74 Å². The van der Waals surface area contributed by atoms with Crippen molar-refractivity contribution in [1.82, 2.24) is 20.2 Å². The molecule has 1 aromatic heterocycles. The summed E-state index contributed by atoms with van der Waals surface area (Å²) in [7, 11) is 0. The molecule has 3 aliphatic carbocycles. The molecule has 3 fully saturated rings. The minimum atomic E-state index is -4.34. The lowest BCUT2D eigenvalue weighted by molar-refractivity contribution is -0.347. The van der Waals surface area contributed by atoms with E-state index in [1.807, 2.05) is 0 Å². The van der Waals surface area contributed by atoms with Crippen molar-refractivity contribution in [3.63, 3.8) is 0 Å². The highest BCUT2D eigenvalue weighted by atomic mass is 19.4. The first-order valence-electron chi connectivity index (χ1n) is 11.4. The Kier molecular flexibility index (Phi) is 5.77. The van der Waals surface area contributed by atoms with E-state index in [0.29, 0.717) is 11.6 Å². The molecule has 3 aliphatic rings. The van der Waals surface area contributed by atoms with E-state index in [9.17, 15) is 27.1 Å². The van der Waals surface area contributed by atoms with Crippen LogP contribution in [-0.4, -0.2) is 44.0 Å². The van der Waals surface area contributed by atoms with E-state index in [1.165, 1.54) is 12.1 Å². The van der Waals surface area contributed by atoms with Gasteiger partial charge in [-0.3, -0.25) is 0 Å². The average molecular weight is 530 g/mol. The van der Waals surface area contributed by atoms with Crippen LogP contribution in [0.1, 0.15) is 36.8 Å². The van der Waals surface area contributed by atoms with Gasteiger partial charge >= 0.3 is 6.18 Å². The van der Waals surface area contributed by atoms with E-state index >= 15 is 8.78 Å². The molecule has 0 amide bonds. The SMILES string of the molecule is OC(Cn1cnnn1)(c1ccc(F)cc1F)C(F)(F)C12CC(c3ccc(OCCC(F)(F)F)cc3)(C1)C2. The van der Waals surface area contributed by atoms with Crippen LogP contribution in [0.25, 0.3) is 0 Å². The Balaban J connectivity index is 1.36. The second-order valence-corrected chi connectivity index (χ2v) is 9.90. The number of aliphatic hydroxyl groups is 1. The zero-order valence-electron chi connectivity index (χ0n) is 19.2. The Morgan fingerprint density at radius 3 is 2.22 bits per heavy atom. The molecule has 1 unspecified atom stereocenters. The van der Waals surface area contributed by atoms with E-state index < -0.39 is 65.3 Å². The Labute approximate surface area is 206 Å². The van der Waals surface area contributed by atoms with Gasteiger partial charge in [0.05, 0.1) is 19.6 Å². The van der Waals surface area contributed by atoms with Gasteiger partial charge < -0.3 is 9.84 Å². The van der Waals surface area contributed by atoms with Crippen molar-refractivity contribution in [3.8, 4) is 5.75 Å². The number of alkyl halides is 5. The highest BCUT2D eigenvalue weighted by Crippen LogP contribution is 2.80. The highest BCUT2D eigenvalue weighted by molar-refractivity contribution is 5.44. The van der Waals surface area contributed by atoms with Gasteiger partial charge in [-0.1, -0.05) is 12.1 Å². The molecule has 0 saturated heterocycles. The second-order valence-electron chi connectivity index (χ2n) is 9.90. The number of nitrogens with zero attached hydrogens (tertiary/aromatic N) is 4. The Morgan fingerprint density at radius 1 is 0.973 bits per heavy atom. The van der Waals surface area contributed by atoms with Gasteiger partial charge in [0.15, 0.2) is 5.60 Å². The zero-order valence-corrected chi connectivity index (χ0v) is 19.2. The van der Waals surface area contributed by atoms with Crippen molar-refractivity contribution >= 4 is 0 Å². The lowest BCUT2D eigenvalue weighted by Crippen LogP contribution is -2.76. The summed E-state index contributed by atoms with van der Waals surface area (Å²) < 4.78 is 103. The first-order valence-corrected chi connectivity index (χ1v) is 11.4. The number of aromatic nitrogens is 4. The van der Waals surface area contributed by atoms with Crippen LogP contribution >= 0.6 is 0 Å². The molecular weight excluding hydrogens is 509 g/mol. The third kappa shape index (κ3) is 4.12. The maximum Gasteiger partial charge on any atom is 0.392 e. The number of halogens is 7. The number of rotatable bonds is 9. The predicted molar refractivity (Wildman–Crippen MR) is 114 cm³/mol. The summed E-state index contributed by atoms with van der Waals surface area (Å²) in [6.45, 7) is -1.41. The van der Waals surface area contributed by atoms with Crippen molar-refractivity contribution in [2.75, 3.05) is 6.61 Å². The summed E-state index contributed by atoms with van der Waals surface area (Å²) in [6.07, 6.45) is -4.47. The number of ether oxygens (including phenoxy) is 1. The topological polar surface area (TPSA) is 73.1 Å². The summed E-state index contributed by atoms with van der Waals surface area (Å²) >= 11 is 0. The molecule has 1 N–H and O–H groups in total. The van der Waals surface area contributed by atoms with Gasteiger partial charge in [0.1, 0.15) is 23.7 Å². The van der Waals surface area contributed by atoms with Crippen LogP contribution in [0.3, 0.4) is 0 Å². The quantitative estimate of drug-likeness (QED) is 0.398. The van der Waals surface area contributed by atoms with Crippen LogP contribution in [0.2, 0.25) is 0 Å². The largest absolute Gasteiger partial charge is 0.493 e. The fourth-order valence-electron chi connectivity index (χ4n) is 5.72. The number of tetrazole rings is 1. The summed E-state index contributed by atoms with van der Waals surface area (Å²) in [5.41, 5.74) is -5.40. The fourth-order valence-corrected chi connectivity index (χ4v) is 5.72. The summed E-state index contributed by atoms with van der Waals surface area (Å²) in [4.78, 5) is 0. The Hall–Kier alpha value is -3.22. The smallest absolute Gasteiger partial charge is 0.392 e. The molecule has 0 radical (unpaired) electrons. The monoisotopic (exact) mass is 530 g/mol. The van der Waals surface area contributed by atoms with Crippen LogP contribution in [0.4, 0.5) is 30.7 Å². The highest BCUT2D eigenvalue weighted by Gasteiger charge is 2.82. The molecule has 2 aromatic carbocycles. The van der Waals surface area contributed by atoms with E-state index in [-0.39, 0.29) is 25.0 Å². The minimum absolute atomic E-state index is 0.0119. The van der Waals surface area contributed by atoms with E-state index in [0.717, 1.165) is 23.1 Å². The Morgan fingerprint density at radius 2 is 1.65 bits per heavy atom. The molecule has 1 atom stereocenters.